The van der Waals surface area contributed by atoms with E-state index in [1.807, 2.05) is 54.6 Å². The lowest BCUT2D eigenvalue weighted by molar-refractivity contribution is -0.121. The summed E-state index contributed by atoms with van der Waals surface area (Å²) in [6.07, 6.45) is 0.243. The molecule has 0 amide bonds. The predicted molar refractivity (Wildman–Crippen MR) is 138 cm³/mol. The summed E-state index contributed by atoms with van der Waals surface area (Å²) in [6.45, 7) is 0.453. The summed E-state index contributed by atoms with van der Waals surface area (Å²) in [6, 6.07) is 29.0. The van der Waals surface area contributed by atoms with Gasteiger partial charge in [-0.15, -0.1) is 0 Å². The minimum atomic E-state index is -1.38. The lowest BCUT2D eigenvalue weighted by Crippen LogP contribution is -2.67. The van der Waals surface area contributed by atoms with E-state index in [2.05, 4.69) is 5.32 Å². The van der Waals surface area contributed by atoms with E-state index in [1.54, 1.807) is 24.3 Å². The fraction of sp³-hybridized carbons (Fsp3) is 0.226. The smallest absolute Gasteiger partial charge is 0.150 e. The molecule has 4 aromatic carbocycles. The van der Waals surface area contributed by atoms with Crippen molar-refractivity contribution < 1.29 is 23.7 Å². The molecule has 0 unspecified atom stereocenters. The second-order valence-corrected chi connectivity index (χ2v) is 9.49. The van der Waals surface area contributed by atoms with Gasteiger partial charge in [0.1, 0.15) is 24.0 Å². The molecule has 0 aromatic heterocycles. The molecule has 0 radical (unpaired) electrons. The third-order valence-electron chi connectivity index (χ3n) is 7.04. The van der Waals surface area contributed by atoms with Crippen molar-refractivity contribution in [1.29, 1.82) is 0 Å². The first-order valence-corrected chi connectivity index (χ1v) is 12.4. The van der Waals surface area contributed by atoms with Gasteiger partial charge >= 0.3 is 0 Å². The van der Waals surface area contributed by atoms with E-state index in [9.17, 15) is 19.0 Å². The standard InChI is InChI=1S/C31H29F2NO3/c32-25-12-6-22(7-13-25)29(35)19-18-28-30(31(36,34-28)24-10-14-26(33)15-11-24)23-8-16-27(17-9-23)37-20-21-4-2-1-3-5-21/h1-17,28-30,34-36H,18-20H2/t28-,29+,30+,31+/m1/s1. The highest BCUT2D eigenvalue weighted by atomic mass is 19.1. The Labute approximate surface area is 215 Å². The van der Waals surface area contributed by atoms with Gasteiger partial charge in [0, 0.05) is 12.0 Å². The molecule has 1 fully saturated rings. The predicted octanol–water partition coefficient (Wildman–Crippen LogP) is 5.96. The van der Waals surface area contributed by atoms with Gasteiger partial charge in [0.2, 0.25) is 0 Å². The van der Waals surface area contributed by atoms with Gasteiger partial charge in [-0.2, -0.15) is 0 Å². The van der Waals surface area contributed by atoms with Crippen molar-refractivity contribution in [2.24, 2.45) is 0 Å². The zero-order valence-corrected chi connectivity index (χ0v) is 20.2. The van der Waals surface area contributed by atoms with Gasteiger partial charge in [-0.25, -0.2) is 8.78 Å². The second kappa shape index (κ2) is 10.8. The lowest BCUT2D eigenvalue weighted by Gasteiger charge is -2.54. The molecule has 1 heterocycles. The van der Waals surface area contributed by atoms with Crippen molar-refractivity contribution in [2.75, 3.05) is 0 Å². The minimum Gasteiger partial charge on any atom is -0.489 e. The molecule has 190 valence electrons. The molecule has 37 heavy (non-hydrogen) atoms. The first kappa shape index (κ1) is 25.1. The Kier molecular flexibility index (Phi) is 7.33. The Balaban J connectivity index is 1.32. The number of nitrogens with one attached hydrogen (secondary N) is 1. The summed E-state index contributed by atoms with van der Waals surface area (Å²) in [5, 5.41) is 25.5. The number of halogens is 2. The maximum Gasteiger partial charge on any atom is 0.150 e. The molecular formula is C31H29F2NO3. The number of hydrogen-bond acceptors (Lipinski definition) is 4. The third-order valence-corrected chi connectivity index (χ3v) is 7.04. The van der Waals surface area contributed by atoms with E-state index in [0.717, 1.165) is 11.1 Å². The summed E-state index contributed by atoms with van der Waals surface area (Å²) in [5.74, 6) is -0.339. The third kappa shape index (κ3) is 5.57. The highest BCUT2D eigenvalue weighted by Gasteiger charge is 2.53. The monoisotopic (exact) mass is 501 g/mol. The molecule has 6 heteroatoms. The van der Waals surface area contributed by atoms with Crippen molar-refractivity contribution in [1.82, 2.24) is 5.32 Å². The Morgan fingerprint density at radius 3 is 2.08 bits per heavy atom. The quantitative estimate of drug-likeness (QED) is 0.265. The average Bonchev–Trinajstić information content (AvgIpc) is 2.91. The van der Waals surface area contributed by atoms with E-state index < -0.39 is 11.8 Å². The van der Waals surface area contributed by atoms with E-state index in [4.69, 9.17) is 4.74 Å². The average molecular weight is 502 g/mol. The van der Waals surface area contributed by atoms with Crippen LogP contribution in [0.1, 0.15) is 47.1 Å². The SMILES string of the molecule is O[C@@H](CC[C@H]1N[C@](O)(c2ccc(F)cc2)[C@H]1c1ccc(OCc2ccccc2)cc1)c1ccc(F)cc1. The maximum absolute atomic E-state index is 13.6. The van der Waals surface area contributed by atoms with Crippen LogP contribution >= 0.6 is 0 Å². The van der Waals surface area contributed by atoms with E-state index >= 15 is 0 Å². The Hall–Kier alpha value is -3.58. The van der Waals surface area contributed by atoms with Crippen LogP contribution in [0, 0.1) is 11.6 Å². The van der Waals surface area contributed by atoms with Gasteiger partial charge in [-0.3, -0.25) is 5.32 Å². The van der Waals surface area contributed by atoms with Crippen LogP contribution in [-0.2, 0) is 12.3 Å². The van der Waals surface area contributed by atoms with E-state index in [0.29, 0.717) is 36.3 Å². The summed E-state index contributed by atoms with van der Waals surface area (Å²) < 4.78 is 32.7. The maximum atomic E-state index is 13.6. The zero-order chi connectivity index (χ0) is 25.8. The van der Waals surface area contributed by atoms with Gasteiger partial charge < -0.3 is 14.9 Å². The molecule has 4 nitrogen and oxygen atoms in total. The normalized spacial score (nSPS) is 21.7. The molecule has 1 aliphatic heterocycles. The van der Waals surface area contributed by atoms with Crippen LogP contribution < -0.4 is 10.1 Å². The highest BCUT2D eigenvalue weighted by Crippen LogP contribution is 2.48. The molecule has 4 atom stereocenters. The van der Waals surface area contributed by atoms with Crippen molar-refractivity contribution in [3.8, 4) is 5.75 Å². The molecule has 1 aliphatic rings. The first-order valence-electron chi connectivity index (χ1n) is 12.4. The van der Waals surface area contributed by atoms with E-state index in [1.165, 1.54) is 24.3 Å². The second-order valence-electron chi connectivity index (χ2n) is 9.49. The van der Waals surface area contributed by atoms with Crippen LogP contribution in [0.2, 0.25) is 0 Å². The topological polar surface area (TPSA) is 61.7 Å². The summed E-state index contributed by atoms with van der Waals surface area (Å²) >= 11 is 0. The van der Waals surface area contributed by atoms with Crippen molar-refractivity contribution in [3.05, 3.63) is 137 Å². The first-order chi connectivity index (χ1) is 17.9. The van der Waals surface area contributed by atoms with Crippen LogP contribution in [-0.4, -0.2) is 16.3 Å². The fourth-order valence-electron chi connectivity index (χ4n) is 5.03. The minimum absolute atomic E-state index is 0.138. The van der Waals surface area contributed by atoms with E-state index in [-0.39, 0.29) is 23.6 Å². The lowest BCUT2D eigenvalue weighted by atomic mass is 9.69. The van der Waals surface area contributed by atoms with Crippen LogP contribution in [0.4, 0.5) is 8.78 Å². The number of aliphatic hydroxyl groups excluding tert-OH is 1. The number of benzene rings is 4. The van der Waals surface area contributed by atoms with Gasteiger partial charge in [0.25, 0.3) is 0 Å². The Morgan fingerprint density at radius 1 is 0.811 bits per heavy atom. The molecule has 0 aliphatic carbocycles. The summed E-state index contributed by atoms with van der Waals surface area (Å²) in [4.78, 5) is 0. The molecule has 0 bridgehead atoms. The van der Waals surface area contributed by atoms with Crippen LogP contribution in [0.15, 0.2) is 103 Å². The van der Waals surface area contributed by atoms with Crippen LogP contribution in [0.25, 0.3) is 0 Å². The van der Waals surface area contributed by atoms with Crippen LogP contribution in [0.5, 0.6) is 5.75 Å². The number of hydrogen-bond donors (Lipinski definition) is 3. The number of rotatable bonds is 9. The molecular weight excluding hydrogens is 472 g/mol. The van der Waals surface area contributed by atoms with Crippen molar-refractivity contribution in [3.63, 3.8) is 0 Å². The van der Waals surface area contributed by atoms with Gasteiger partial charge in [0.15, 0.2) is 5.72 Å². The van der Waals surface area contributed by atoms with Crippen molar-refractivity contribution >= 4 is 0 Å². The van der Waals surface area contributed by atoms with Crippen molar-refractivity contribution in [2.45, 2.75) is 43.2 Å². The molecule has 4 aromatic rings. The largest absolute Gasteiger partial charge is 0.489 e. The van der Waals surface area contributed by atoms with Gasteiger partial charge in [-0.05, 0) is 71.5 Å². The Morgan fingerprint density at radius 2 is 1.43 bits per heavy atom. The zero-order valence-electron chi connectivity index (χ0n) is 20.2. The molecule has 0 spiro atoms. The number of aliphatic hydroxyl groups is 2. The number of ether oxygens (including phenoxy) is 1. The molecule has 5 rings (SSSR count). The Bertz CT molecular complexity index is 1300. The van der Waals surface area contributed by atoms with Gasteiger partial charge in [-0.1, -0.05) is 66.7 Å². The molecule has 1 saturated heterocycles. The summed E-state index contributed by atoms with van der Waals surface area (Å²) in [7, 11) is 0. The fourth-order valence-corrected chi connectivity index (χ4v) is 5.03. The molecule has 3 N–H and O–H groups in total. The summed E-state index contributed by atoms with van der Waals surface area (Å²) in [5.41, 5.74) is 1.80. The highest BCUT2D eigenvalue weighted by molar-refractivity contribution is 5.39. The molecule has 0 saturated carbocycles. The van der Waals surface area contributed by atoms with Gasteiger partial charge in [0.05, 0.1) is 6.10 Å². The van der Waals surface area contributed by atoms with Crippen LogP contribution in [0.3, 0.4) is 0 Å².